The van der Waals surface area contributed by atoms with Gasteiger partial charge in [0.15, 0.2) is 0 Å². The van der Waals surface area contributed by atoms with Crippen molar-refractivity contribution in [1.29, 1.82) is 0 Å². The number of nitrogens with one attached hydrogen (secondary N) is 2. The number of carbonyl (C=O) groups excluding carboxylic acids is 3. The minimum atomic E-state index is -0.903. The summed E-state index contributed by atoms with van der Waals surface area (Å²) >= 11 is 0. The first-order chi connectivity index (χ1) is 10.2. The van der Waals surface area contributed by atoms with Crippen molar-refractivity contribution in [2.75, 3.05) is 20.1 Å². The van der Waals surface area contributed by atoms with E-state index in [1.54, 1.807) is 20.8 Å². The van der Waals surface area contributed by atoms with Gasteiger partial charge in [-0.15, -0.1) is 0 Å². The molecule has 1 heterocycles. The number of carbonyl (C=O) groups is 3. The maximum atomic E-state index is 12.5. The Balaban J connectivity index is 2.71. The third-order valence-electron chi connectivity index (χ3n) is 3.31. The first-order valence-electron chi connectivity index (χ1n) is 7.41. The molecule has 1 aliphatic rings. The van der Waals surface area contributed by atoms with E-state index in [0.29, 0.717) is 13.0 Å². The van der Waals surface area contributed by atoms with E-state index in [2.05, 4.69) is 10.6 Å². The highest BCUT2D eigenvalue weighted by Crippen LogP contribution is 2.18. The molecule has 0 aromatic rings. The molecule has 4 N–H and O–H groups in total. The first kappa shape index (κ1) is 18.2. The molecular formula is C14H26N4O4. The maximum Gasteiger partial charge on any atom is 0.408 e. The van der Waals surface area contributed by atoms with Gasteiger partial charge in [-0.05, 0) is 33.6 Å². The fraction of sp³-hybridized carbons (Fsp3) is 0.786. The zero-order chi connectivity index (χ0) is 16.9. The van der Waals surface area contributed by atoms with Gasteiger partial charge in [0.25, 0.3) is 0 Å². The van der Waals surface area contributed by atoms with Crippen molar-refractivity contribution in [3.05, 3.63) is 0 Å². The van der Waals surface area contributed by atoms with Crippen molar-refractivity contribution in [3.63, 3.8) is 0 Å². The Bertz CT molecular complexity index is 433. The Morgan fingerprint density at radius 3 is 2.50 bits per heavy atom. The lowest BCUT2D eigenvalue weighted by atomic mass is 10.2. The van der Waals surface area contributed by atoms with Crippen molar-refractivity contribution in [2.24, 2.45) is 5.73 Å². The molecule has 0 bridgehead atoms. The van der Waals surface area contributed by atoms with Crippen LogP contribution in [0.15, 0.2) is 0 Å². The largest absolute Gasteiger partial charge is 0.444 e. The Hall–Kier alpha value is -1.83. The SMILES string of the molecule is CNC(=O)C1CCCN1C(=O)C(CN)NC(=O)OC(C)(C)C. The summed E-state index contributed by atoms with van der Waals surface area (Å²) < 4.78 is 5.12. The molecule has 0 radical (unpaired) electrons. The summed E-state index contributed by atoms with van der Waals surface area (Å²) in [7, 11) is 1.53. The average Bonchev–Trinajstić information content (AvgIpc) is 2.90. The van der Waals surface area contributed by atoms with Gasteiger partial charge in [-0.1, -0.05) is 0 Å². The standard InChI is InChI=1S/C14H26N4O4/c1-14(2,3)22-13(21)17-9(8-15)12(20)18-7-5-6-10(18)11(19)16-4/h9-10H,5-8,15H2,1-4H3,(H,16,19)(H,17,21). The number of likely N-dealkylation sites (tertiary alicyclic amines) is 1. The van der Waals surface area contributed by atoms with Crippen LogP contribution in [0.4, 0.5) is 4.79 Å². The summed E-state index contributed by atoms with van der Waals surface area (Å²) in [6, 6.07) is -1.41. The Kier molecular flexibility index (Phi) is 6.16. The fourth-order valence-corrected chi connectivity index (χ4v) is 2.34. The number of likely N-dealkylation sites (N-methyl/N-ethyl adjacent to an activating group) is 1. The highest BCUT2D eigenvalue weighted by molar-refractivity contribution is 5.91. The Morgan fingerprint density at radius 1 is 1.36 bits per heavy atom. The van der Waals surface area contributed by atoms with E-state index < -0.39 is 23.8 Å². The number of amides is 3. The summed E-state index contributed by atoms with van der Waals surface area (Å²) in [5.74, 6) is -0.571. The quantitative estimate of drug-likeness (QED) is 0.652. The van der Waals surface area contributed by atoms with Gasteiger partial charge >= 0.3 is 6.09 Å². The van der Waals surface area contributed by atoms with Crippen molar-refractivity contribution in [2.45, 2.75) is 51.3 Å². The maximum absolute atomic E-state index is 12.5. The first-order valence-corrected chi connectivity index (χ1v) is 7.41. The summed E-state index contributed by atoms with van der Waals surface area (Å²) in [5, 5.41) is 5.01. The predicted octanol–water partition coefficient (Wildman–Crippen LogP) is -0.425. The number of hydrogen-bond donors (Lipinski definition) is 3. The molecule has 0 aromatic carbocycles. The highest BCUT2D eigenvalue weighted by Gasteiger charge is 2.37. The number of nitrogens with zero attached hydrogens (tertiary/aromatic N) is 1. The van der Waals surface area contributed by atoms with E-state index in [0.717, 1.165) is 6.42 Å². The van der Waals surface area contributed by atoms with Crippen LogP contribution < -0.4 is 16.4 Å². The molecule has 8 nitrogen and oxygen atoms in total. The van der Waals surface area contributed by atoms with E-state index in [1.807, 2.05) is 0 Å². The molecule has 1 fully saturated rings. The summed E-state index contributed by atoms with van der Waals surface area (Å²) in [6.45, 7) is 5.61. The van der Waals surface area contributed by atoms with Crippen molar-refractivity contribution >= 4 is 17.9 Å². The highest BCUT2D eigenvalue weighted by atomic mass is 16.6. The molecule has 0 aromatic heterocycles. The molecule has 126 valence electrons. The van der Waals surface area contributed by atoms with Crippen LogP contribution in [0.2, 0.25) is 0 Å². The van der Waals surface area contributed by atoms with Gasteiger partial charge < -0.3 is 26.0 Å². The van der Waals surface area contributed by atoms with E-state index in [4.69, 9.17) is 10.5 Å². The summed E-state index contributed by atoms with van der Waals surface area (Å²) in [6.07, 6.45) is 0.648. The van der Waals surface area contributed by atoms with Crippen LogP contribution in [0.3, 0.4) is 0 Å². The van der Waals surface area contributed by atoms with Gasteiger partial charge in [-0.2, -0.15) is 0 Å². The number of ether oxygens (including phenoxy) is 1. The molecule has 0 aliphatic carbocycles. The average molecular weight is 314 g/mol. The molecule has 1 aliphatic heterocycles. The zero-order valence-electron chi connectivity index (χ0n) is 13.6. The third-order valence-corrected chi connectivity index (χ3v) is 3.31. The van der Waals surface area contributed by atoms with Crippen LogP contribution >= 0.6 is 0 Å². The van der Waals surface area contributed by atoms with Gasteiger partial charge in [0, 0.05) is 20.1 Å². The minimum Gasteiger partial charge on any atom is -0.444 e. The van der Waals surface area contributed by atoms with E-state index in [-0.39, 0.29) is 18.4 Å². The predicted molar refractivity (Wildman–Crippen MR) is 81.0 cm³/mol. The zero-order valence-corrected chi connectivity index (χ0v) is 13.6. The lowest BCUT2D eigenvalue weighted by Gasteiger charge is -2.28. The molecule has 8 heteroatoms. The number of hydrogen-bond acceptors (Lipinski definition) is 5. The number of rotatable bonds is 4. The van der Waals surface area contributed by atoms with Crippen LogP contribution in [0.25, 0.3) is 0 Å². The number of nitrogens with two attached hydrogens (primary N) is 1. The van der Waals surface area contributed by atoms with Crippen molar-refractivity contribution in [3.8, 4) is 0 Å². The van der Waals surface area contributed by atoms with Crippen LogP contribution in [-0.2, 0) is 14.3 Å². The smallest absolute Gasteiger partial charge is 0.408 e. The molecule has 0 spiro atoms. The Morgan fingerprint density at radius 2 is 2.00 bits per heavy atom. The molecule has 1 rings (SSSR count). The Labute approximate surface area is 130 Å². The second-order valence-corrected chi connectivity index (χ2v) is 6.24. The monoisotopic (exact) mass is 314 g/mol. The summed E-state index contributed by atoms with van der Waals surface area (Å²) in [5.41, 5.74) is 4.93. The topological polar surface area (TPSA) is 114 Å². The van der Waals surface area contributed by atoms with E-state index in [9.17, 15) is 14.4 Å². The van der Waals surface area contributed by atoms with Crippen LogP contribution in [0.5, 0.6) is 0 Å². The number of alkyl carbamates (subject to hydrolysis) is 1. The van der Waals surface area contributed by atoms with Gasteiger partial charge in [-0.3, -0.25) is 9.59 Å². The molecule has 22 heavy (non-hydrogen) atoms. The van der Waals surface area contributed by atoms with Gasteiger partial charge in [-0.25, -0.2) is 4.79 Å². The third kappa shape index (κ3) is 4.87. The van der Waals surface area contributed by atoms with Gasteiger partial charge in [0.05, 0.1) is 0 Å². The second kappa shape index (κ2) is 7.44. The van der Waals surface area contributed by atoms with E-state index in [1.165, 1.54) is 11.9 Å². The lowest BCUT2D eigenvalue weighted by Crippen LogP contribution is -2.56. The van der Waals surface area contributed by atoms with Crippen molar-refractivity contribution in [1.82, 2.24) is 15.5 Å². The molecule has 2 unspecified atom stereocenters. The normalized spacial score (nSPS) is 19.5. The van der Waals surface area contributed by atoms with Gasteiger partial charge in [0.2, 0.25) is 11.8 Å². The minimum absolute atomic E-state index is 0.0605. The summed E-state index contributed by atoms with van der Waals surface area (Å²) in [4.78, 5) is 37.6. The second-order valence-electron chi connectivity index (χ2n) is 6.24. The molecule has 2 atom stereocenters. The molecular weight excluding hydrogens is 288 g/mol. The van der Waals surface area contributed by atoms with Gasteiger partial charge in [0.1, 0.15) is 17.7 Å². The van der Waals surface area contributed by atoms with Crippen LogP contribution in [0.1, 0.15) is 33.6 Å². The molecule has 1 saturated heterocycles. The molecule has 0 saturated carbocycles. The van der Waals surface area contributed by atoms with Crippen LogP contribution in [0, 0.1) is 0 Å². The lowest BCUT2D eigenvalue weighted by molar-refractivity contribution is -0.139. The van der Waals surface area contributed by atoms with Crippen molar-refractivity contribution < 1.29 is 19.1 Å². The van der Waals surface area contributed by atoms with Crippen LogP contribution in [-0.4, -0.2) is 60.6 Å². The molecule has 3 amide bonds. The van der Waals surface area contributed by atoms with E-state index >= 15 is 0 Å². The fourth-order valence-electron chi connectivity index (χ4n) is 2.34.